The van der Waals surface area contributed by atoms with E-state index in [0.717, 1.165) is 24.7 Å². The predicted octanol–water partition coefficient (Wildman–Crippen LogP) is -0.573. The molecule has 1 heterocycles. The Hall–Kier alpha value is -1.28. The number of nitrogens with zero attached hydrogens (tertiary/aromatic N) is 3. The van der Waals surface area contributed by atoms with Gasteiger partial charge in [0.25, 0.3) is 0 Å². The smallest absolute Gasteiger partial charge is 0.313 e. The fraction of sp³-hybridized carbons (Fsp3) is 0.769. The quantitative estimate of drug-likeness (QED) is 0.706. The number of carboxylic acid groups (broad SMARTS) is 1. The Labute approximate surface area is 129 Å². The summed E-state index contributed by atoms with van der Waals surface area (Å²) in [6, 6.07) is 0. The number of thioether (sulfide) groups is 1. The molecule has 1 aliphatic rings. The molecular formula is C13H23N3O4S. The summed E-state index contributed by atoms with van der Waals surface area (Å²) in [6.07, 6.45) is 0.829. The van der Waals surface area contributed by atoms with Gasteiger partial charge in [0, 0.05) is 40.3 Å². The van der Waals surface area contributed by atoms with E-state index in [4.69, 9.17) is 5.11 Å². The molecule has 0 spiro atoms. The highest BCUT2D eigenvalue weighted by Crippen LogP contribution is 2.07. The molecule has 1 aliphatic heterocycles. The number of carbonyl (C=O) groups is 3. The van der Waals surface area contributed by atoms with Gasteiger partial charge in [-0.3, -0.25) is 19.3 Å². The van der Waals surface area contributed by atoms with E-state index in [1.165, 1.54) is 0 Å². The molecule has 1 saturated heterocycles. The Morgan fingerprint density at radius 1 is 1.10 bits per heavy atom. The predicted molar refractivity (Wildman–Crippen MR) is 81.3 cm³/mol. The Balaban J connectivity index is 2.36. The van der Waals surface area contributed by atoms with Crippen LogP contribution < -0.4 is 0 Å². The second-order valence-corrected chi connectivity index (χ2v) is 6.17. The van der Waals surface area contributed by atoms with Crippen molar-refractivity contribution in [2.75, 3.05) is 58.3 Å². The Kier molecular flexibility index (Phi) is 7.52. The first kappa shape index (κ1) is 17.8. The Morgan fingerprint density at radius 2 is 1.81 bits per heavy atom. The number of carbonyl (C=O) groups excluding carboxylic acids is 2. The number of carboxylic acids is 1. The molecule has 0 aromatic carbocycles. The van der Waals surface area contributed by atoms with E-state index in [1.807, 2.05) is 0 Å². The standard InChI is InChI=1S/C13H23N3O4S/c1-14(2)11(17)8-15-4-3-5-16(7-6-15)12(18)9-21-10-13(19)20/h3-10H2,1-2H3,(H,19,20). The topological polar surface area (TPSA) is 81.2 Å². The van der Waals surface area contributed by atoms with Crippen molar-refractivity contribution in [1.29, 1.82) is 0 Å². The molecule has 0 bridgehead atoms. The van der Waals surface area contributed by atoms with Crippen molar-refractivity contribution in [2.24, 2.45) is 0 Å². The van der Waals surface area contributed by atoms with Crippen LogP contribution in [-0.2, 0) is 14.4 Å². The summed E-state index contributed by atoms with van der Waals surface area (Å²) in [4.78, 5) is 39.5. The molecule has 0 radical (unpaired) electrons. The molecule has 120 valence electrons. The summed E-state index contributed by atoms with van der Waals surface area (Å²) in [7, 11) is 3.46. The Morgan fingerprint density at radius 3 is 2.43 bits per heavy atom. The van der Waals surface area contributed by atoms with Gasteiger partial charge in [-0.2, -0.15) is 0 Å². The van der Waals surface area contributed by atoms with Crippen LogP contribution >= 0.6 is 11.8 Å². The van der Waals surface area contributed by atoms with Gasteiger partial charge < -0.3 is 14.9 Å². The lowest BCUT2D eigenvalue weighted by atomic mass is 10.3. The maximum atomic E-state index is 12.0. The highest BCUT2D eigenvalue weighted by Gasteiger charge is 2.20. The summed E-state index contributed by atoms with van der Waals surface area (Å²) in [5, 5.41) is 8.56. The van der Waals surface area contributed by atoms with E-state index < -0.39 is 5.97 Å². The van der Waals surface area contributed by atoms with Crippen LogP contribution in [0.3, 0.4) is 0 Å². The fourth-order valence-corrected chi connectivity index (χ4v) is 2.66. The zero-order chi connectivity index (χ0) is 15.8. The van der Waals surface area contributed by atoms with Gasteiger partial charge in [-0.25, -0.2) is 0 Å². The maximum absolute atomic E-state index is 12.0. The minimum absolute atomic E-state index is 0.0259. The lowest BCUT2D eigenvalue weighted by Gasteiger charge is -2.22. The largest absolute Gasteiger partial charge is 0.481 e. The number of aliphatic carboxylic acids is 1. The van der Waals surface area contributed by atoms with Crippen LogP contribution in [0.1, 0.15) is 6.42 Å². The van der Waals surface area contributed by atoms with Gasteiger partial charge in [0.2, 0.25) is 11.8 Å². The monoisotopic (exact) mass is 317 g/mol. The van der Waals surface area contributed by atoms with E-state index in [2.05, 4.69) is 4.90 Å². The van der Waals surface area contributed by atoms with Gasteiger partial charge >= 0.3 is 5.97 Å². The molecule has 1 N–H and O–H groups in total. The van der Waals surface area contributed by atoms with Crippen molar-refractivity contribution in [2.45, 2.75) is 6.42 Å². The van der Waals surface area contributed by atoms with E-state index in [9.17, 15) is 14.4 Å². The molecule has 7 nitrogen and oxygen atoms in total. The molecule has 0 unspecified atom stereocenters. The first-order valence-electron chi connectivity index (χ1n) is 6.90. The average molecular weight is 317 g/mol. The number of rotatable bonds is 6. The molecule has 8 heteroatoms. The van der Waals surface area contributed by atoms with E-state index in [-0.39, 0.29) is 23.3 Å². The Bertz CT molecular complexity index is 390. The van der Waals surface area contributed by atoms with Crippen molar-refractivity contribution < 1.29 is 19.5 Å². The minimum atomic E-state index is -0.906. The van der Waals surface area contributed by atoms with Crippen molar-refractivity contribution in [3.8, 4) is 0 Å². The van der Waals surface area contributed by atoms with Gasteiger partial charge in [-0.1, -0.05) is 0 Å². The first-order valence-corrected chi connectivity index (χ1v) is 8.05. The summed E-state index contributed by atoms with van der Waals surface area (Å²) in [5.41, 5.74) is 0. The molecule has 0 atom stereocenters. The fourth-order valence-electron chi connectivity index (χ4n) is 2.03. The van der Waals surface area contributed by atoms with Gasteiger partial charge in [-0.15, -0.1) is 11.8 Å². The third kappa shape index (κ3) is 6.81. The van der Waals surface area contributed by atoms with Gasteiger partial charge in [0.05, 0.1) is 18.1 Å². The van der Waals surface area contributed by atoms with Crippen LogP contribution in [0.15, 0.2) is 0 Å². The SMILES string of the molecule is CN(C)C(=O)CN1CCCN(C(=O)CSCC(=O)O)CC1. The average Bonchev–Trinajstić information content (AvgIpc) is 2.63. The number of amides is 2. The molecule has 1 fully saturated rings. The minimum Gasteiger partial charge on any atom is -0.481 e. The zero-order valence-electron chi connectivity index (χ0n) is 12.6. The van der Waals surface area contributed by atoms with Crippen molar-refractivity contribution in [1.82, 2.24) is 14.7 Å². The number of hydrogen-bond acceptors (Lipinski definition) is 5. The molecule has 0 aliphatic carbocycles. The summed E-state index contributed by atoms with van der Waals surface area (Å²) in [6.45, 7) is 3.11. The van der Waals surface area contributed by atoms with E-state index >= 15 is 0 Å². The second-order valence-electron chi connectivity index (χ2n) is 5.19. The van der Waals surface area contributed by atoms with E-state index in [0.29, 0.717) is 26.2 Å². The van der Waals surface area contributed by atoms with Crippen LogP contribution in [0.25, 0.3) is 0 Å². The summed E-state index contributed by atoms with van der Waals surface area (Å²) in [5.74, 6) is -0.725. The summed E-state index contributed by atoms with van der Waals surface area (Å²) >= 11 is 1.12. The van der Waals surface area contributed by atoms with E-state index in [1.54, 1.807) is 23.9 Å². The van der Waals surface area contributed by atoms with Crippen LogP contribution in [-0.4, -0.2) is 95.9 Å². The van der Waals surface area contributed by atoms with Crippen molar-refractivity contribution >= 4 is 29.5 Å². The lowest BCUT2D eigenvalue weighted by Crippen LogP contribution is -2.40. The third-order valence-corrected chi connectivity index (χ3v) is 4.15. The number of likely N-dealkylation sites (N-methyl/N-ethyl adjacent to an activating group) is 1. The van der Waals surface area contributed by atoms with Crippen LogP contribution in [0.5, 0.6) is 0 Å². The molecule has 1 rings (SSSR count). The van der Waals surface area contributed by atoms with Crippen LogP contribution in [0.2, 0.25) is 0 Å². The number of hydrogen-bond donors (Lipinski definition) is 1. The second kappa shape index (κ2) is 8.89. The maximum Gasteiger partial charge on any atom is 0.313 e. The molecule has 0 saturated carbocycles. The van der Waals surface area contributed by atoms with Gasteiger partial charge in [0.1, 0.15) is 0 Å². The summed E-state index contributed by atoms with van der Waals surface area (Å²) < 4.78 is 0. The molecular weight excluding hydrogens is 294 g/mol. The normalized spacial score (nSPS) is 16.4. The highest BCUT2D eigenvalue weighted by atomic mass is 32.2. The zero-order valence-corrected chi connectivity index (χ0v) is 13.4. The molecule has 21 heavy (non-hydrogen) atoms. The highest BCUT2D eigenvalue weighted by molar-refractivity contribution is 8.00. The molecule has 0 aromatic heterocycles. The van der Waals surface area contributed by atoms with Crippen molar-refractivity contribution in [3.63, 3.8) is 0 Å². The van der Waals surface area contributed by atoms with Crippen molar-refractivity contribution in [3.05, 3.63) is 0 Å². The van der Waals surface area contributed by atoms with Crippen LogP contribution in [0, 0.1) is 0 Å². The third-order valence-electron chi connectivity index (χ3n) is 3.25. The molecule has 2 amide bonds. The van der Waals surface area contributed by atoms with Gasteiger partial charge in [-0.05, 0) is 6.42 Å². The van der Waals surface area contributed by atoms with Crippen LogP contribution in [0.4, 0.5) is 0 Å². The molecule has 0 aromatic rings. The first-order chi connectivity index (χ1) is 9.90. The van der Waals surface area contributed by atoms with Gasteiger partial charge in [0.15, 0.2) is 0 Å². The lowest BCUT2D eigenvalue weighted by molar-refractivity contribution is -0.134.